The van der Waals surface area contributed by atoms with E-state index in [1.165, 1.54) is 24.5 Å². The summed E-state index contributed by atoms with van der Waals surface area (Å²) in [5.41, 5.74) is 0.821. The van der Waals surface area contributed by atoms with E-state index in [1.54, 1.807) is 0 Å². The summed E-state index contributed by atoms with van der Waals surface area (Å²) in [6.45, 7) is 0.0938. The highest BCUT2D eigenvalue weighted by Crippen LogP contribution is 2.33. The maximum Gasteiger partial charge on any atom is 0.319 e. The number of nitrogens with zero attached hydrogens (tertiary/aromatic N) is 1. The molecule has 1 aromatic heterocycles. The van der Waals surface area contributed by atoms with Gasteiger partial charge >= 0.3 is 6.03 Å². The van der Waals surface area contributed by atoms with Gasteiger partial charge in [0.1, 0.15) is 0 Å². The first-order valence-corrected chi connectivity index (χ1v) is 9.07. The highest BCUT2D eigenvalue weighted by molar-refractivity contribution is 6.48. The Labute approximate surface area is 174 Å². The average molecular weight is 459 g/mol. The lowest BCUT2D eigenvalue weighted by atomic mass is 10.3. The van der Waals surface area contributed by atoms with Gasteiger partial charge in [-0.05, 0) is 12.1 Å². The van der Waals surface area contributed by atoms with Gasteiger partial charge in [-0.15, -0.1) is 0 Å². The number of hydrogen-bond donors (Lipinski definition) is 4. The number of anilines is 2. The number of pyridine rings is 1. The first-order chi connectivity index (χ1) is 12.3. The molecular weight excluding hydrogens is 445 g/mol. The van der Waals surface area contributed by atoms with Gasteiger partial charge < -0.3 is 21.1 Å². The Hall–Kier alpha value is -1.15. The quantitative estimate of drug-likeness (QED) is 0.462. The summed E-state index contributed by atoms with van der Waals surface area (Å²) in [6, 6.07) is 2.38. The third-order valence-corrected chi connectivity index (χ3v) is 4.88. The van der Waals surface area contributed by atoms with Gasteiger partial charge in [0.05, 0.1) is 36.9 Å². The Bertz CT molecular complexity index is 762. The molecule has 0 spiro atoms. The van der Waals surface area contributed by atoms with Crippen LogP contribution in [0.2, 0.25) is 25.1 Å². The van der Waals surface area contributed by atoms with E-state index in [1.807, 2.05) is 0 Å². The van der Waals surface area contributed by atoms with Crippen LogP contribution in [0.15, 0.2) is 24.5 Å². The molecule has 0 bridgehead atoms. The number of hydrogen-bond acceptors (Lipinski definition) is 4. The molecule has 2 amide bonds. The summed E-state index contributed by atoms with van der Waals surface area (Å²) in [5, 5.41) is 19.2. The zero-order valence-corrected chi connectivity index (χ0v) is 16.8. The first-order valence-electron chi connectivity index (χ1n) is 7.18. The molecular formula is C15H13Cl5N4O2. The molecule has 0 aliphatic rings. The number of aromatic nitrogens is 1. The maximum atomic E-state index is 11.9. The van der Waals surface area contributed by atoms with Crippen LogP contribution in [0.25, 0.3) is 0 Å². The summed E-state index contributed by atoms with van der Waals surface area (Å²) in [4.78, 5) is 15.7. The Morgan fingerprint density at radius 1 is 1.00 bits per heavy atom. The van der Waals surface area contributed by atoms with E-state index >= 15 is 0 Å². The lowest BCUT2D eigenvalue weighted by Gasteiger charge is -2.15. The van der Waals surface area contributed by atoms with Crippen molar-refractivity contribution in [3.8, 4) is 0 Å². The fourth-order valence-corrected chi connectivity index (χ4v) is 2.98. The number of carbonyl (C=O) groups is 1. The normalized spacial score (nSPS) is 11.8. The summed E-state index contributed by atoms with van der Waals surface area (Å²) in [5.74, 6) is 0. The molecule has 2 aromatic rings. The van der Waals surface area contributed by atoms with Crippen molar-refractivity contribution in [3.63, 3.8) is 0 Å². The third-order valence-electron chi connectivity index (χ3n) is 3.11. The standard InChI is InChI=1S/C15H13Cl5N4O2/c16-9-1-7(2-10(17)13(9)20)24-15(26)23-4-8(25)3-22-14-11(18)5-21-6-12(14)19/h1-2,5-6,8,25H,3-4H2,(H,21,22)(H2,23,24,26). The van der Waals surface area contributed by atoms with Crippen molar-refractivity contribution in [2.45, 2.75) is 6.10 Å². The van der Waals surface area contributed by atoms with Crippen molar-refractivity contribution >= 4 is 75.4 Å². The molecule has 26 heavy (non-hydrogen) atoms. The number of amides is 2. The summed E-state index contributed by atoms with van der Waals surface area (Å²) >= 11 is 29.6. The van der Waals surface area contributed by atoms with E-state index in [9.17, 15) is 9.90 Å². The average Bonchev–Trinajstić information content (AvgIpc) is 2.57. The molecule has 140 valence electrons. The minimum absolute atomic E-state index is 0.0196. The monoisotopic (exact) mass is 456 g/mol. The summed E-state index contributed by atoms with van der Waals surface area (Å²) < 4.78 is 0. The van der Waals surface area contributed by atoms with Gasteiger partial charge in [0, 0.05) is 31.2 Å². The molecule has 4 N–H and O–H groups in total. The van der Waals surface area contributed by atoms with E-state index in [2.05, 4.69) is 20.9 Å². The van der Waals surface area contributed by atoms with Crippen molar-refractivity contribution in [1.82, 2.24) is 10.3 Å². The Morgan fingerprint density at radius 2 is 1.58 bits per heavy atom. The highest BCUT2D eigenvalue weighted by atomic mass is 35.5. The number of rotatable bonds is 6. The molecule has 0 saturated heterocycles. The number of aliphatic hydroxyl groups is 1. The summed E-state index contributed by atoms with van der Waals surface area (Å²) in [6.07, 6.45) is 1.96. The van der Waals surface area contributed by atoms with Crippen LogP contribution in [0.3, 0.4) is 0 Å². The zero-order chi connectivity index (χ0) is 19.3. The van der Waals surface area contributed by atoms with Gasteiger partial charge in [-0.25, -0.2) is 4.79 Å². The molecule has 6 nitrogen and oxygen atoms in total. The van der Waals surface area contributed by atoms with Crippen molar-refractivity contribution < 1.29 is 9.90 Å². The van der Waals surface area contributed by atoms with Gasteiger partial charge in [0.2, 0.25) is 0 Å². The van der Waals surface area contributed by atoms with Crippen molar-refractivity contribution in [2.75, 3.05) is 23.7 Å². The number of carbonyl (C=O) groups excluding carboxylic acids is 1. The molecule has 0 radical (unpaired) electrons. The molecule has 2 rings (SSSR count). The van der Waals surface area contributed by atoms with Gasteiger partial charge in [-0.1, -0.05) is 58.0 Å². The lowest BCUT2D eigenvalue weighted by molar-refractivity contribution is 0.184. The topological polar surface area (TPSA) is 86.3 Å². The molecule has 1 atom stereocenters. The van der Waals surface area contributed by atoms with Crippen LogP contribution in [-0.4, -0.2) is 35.3 Å². The van der Waals surface area contributed by atoms with Crippen molar-refractivity contribution in [3.05, 3.63) is 49.6 Å². The fourth-order valence-electron chi connectivity index (χ4n) is 1.89. The lowest BCUT2D eigenvalue weighted by Crippen LogP contribution is -2.38. The second-order valence-electron chi connectivity index (χ2n) is 5.10. The van der Waals surface area contributed by atoms with Gasteiger partial charge in [-0.3, -0.25) is 4.98 Å². The molecule has 1 unspecified atom stereocenters. The first kappa shape index (κ1) is 21.2. The number of benzene rings is 1. The van der Waals surface area contributed by atoms with Crippen LogP contribution in [0.4, 0.5) is 16.2 Å². The predicted molar refractivity (Wildman–Crippen MR) is 107 cm³/mol. The smallest absolute Gasteiger partial charge is 0.319 e. The Kier molecular flexibility index (Phi) is 7.88. The van der Waals surface area contributed by atoms with E-state index < -0.39 is 12.1 Å². The van der Waals surface area contributed by atoms with E-state index in [0.717, 1.165) is 0 Å². The Morgan fingerprint density at radius 3 is 2.15 bits per heavy atom. The molecule has 1 aromatic carbocycles. The SMILES string of the molecule is O=C(NCC(O)CNc1c(Cl)cncc1Cl)Nc1cc(Cl)c(Cl)c(Cl)c1. The zero-order valence-electron chi connectivity index (χ0n) is 13.0. The van der Waals surface area contributed by atoms with Gasteiger partial charge in [-0.2, -0.15) is 0 Å². The number of aliphatic hydroxyl groups excluding tert-OH is 1. The van der Waals surface area contributed by atoms with Gasteiger partial charge in [0.15, 0.2) is 0 Å². The van der Waals surface area contributed by atoms with Crippen molar-refractivity contribution in [1.29, 1.82) is 0 Å². The largest absolute Gasteiger partial charge is 0.389 e. The van der Waals surface area contributed by atoms with Gasteiger partial charge in [0.25, 0.3) is 0 Å². The fraction of sp³-hybridized carbons (Fsp3) is 0.200. The Balaban J connectivity index is 1.82. The molecule has 0 fully saturated rings. The van der Waals surface area contributed by atoms with Crippen molar-refractivity contribution in [2.24, 2.45) is 0 Å². The second kappa shape index (κ2) is 9.69. The molecule has 1 heterocycles. The summed E-state index contributed by atoms with van der Waals surface area (Å²) in [7, 11) is 0. The second-order valence-corrected chi connectivity index (χ2v) is 7.11. The minimum Gasteiger partial charge on any atom is -0.389 e. The van der Waals surface area contributed by atoms with Crippen LogP contribution in [0.1, 0.15) is 0 Å². The van der Waals surface area contributed by atoms with Crippen LogP contribution in [0.5, 0.6) is 0 Å². The third kappa shape index (κ3) is 5.94. The molecule has 0 saturated carbocycles. The molecule has 0 aliphatic heterocycles. The van der Waals surface area contributed by atoms with E-state index in [0.29, 0.717) is 21.4 Å². The van der Waals surface area contributed by atoms with E-state index in [-0.39, 0.29) is 28.2 Å². The van der Waals surface area contributed by atoms with Crippen LogP contribution in [0, 0.1) is 0 Å². The van der Waals surface area contributed by atoms with Crippen LogP contribution in [-0.2, 0) is 0 Å². The molecule has 11 heteroatoms. The van der Waals surface area contributed by atoms with Crippen LogP contribution < -0.4 is 16.0 Å². The predicted octanol–water partition coefficient (Wildman–Crippen LogP) is 4.94. The minimum atomic E-state index is -0.890. The van der Waals surface area contributed by atoms with Crippen LogP contribution >= 0.6 is 58.0 Å². The maximum absolute atomic E-state index is 11.9. The van der Waals surface area contributed by atoms with E-state index in [4.69, 9.17) is 58.0 Å². The number of halogens is 5. The molecule has 0 aliphatic carbocycles. The number of nitrogens with one attached hydrogen (secondary N) is 3. The number of urea groups is 1. The highest BCUT2D eigenvalue weighted by Gasteiger charge is 2.12.